The van der Waals surface area contributed by atoms with Gasteiger partial charge in [0.15, 0.2) is 0 Å². The number of fused-ring (bicyclic) bond motifs is 3. The Morgan fingerprint density at radius 1 is 1.52 bits per heavy atom. The molecule has 1 heterocycles. The minimum atomic E-state index is -0.451. The molecule has 3 N–H and O–H groups in total. The van der Waals surface area contributed by atoms with Crippen molar-refractivity contribution in [1.82, 2.24) is 4.98 Å². The van der Waals surface area contributed by atoms with E-state index in [4.69, 9.17) is 17.3 Å². The third-order valence-electron chi connectivity index (χ3n) is 4.60. The number of H-pyrrole nitrogens is 1. The number of amides is 1. The van der Waals surface area contributed by atoms with Crippen molar-refractivity contribution in [2.45, 2.75) is 33.1 Å². The number of hydrogen-bond acceptors (Lipinski definition) is 1. The molecule has 1 aliphatic carbocycles. The minimum absolute atomic E-state index is 0.451. The number of hydrogen-bond donors (Lipinski definition) is 2. The van der Waals surface area contributed by atoms with Crippen LogP contribution in [0.2, 0.25) is 5.02 Å². The third kappa shape index (κ3) is 2.38. The first-order valence-corrected chi connectivity index (χ1v) is 8.38. The topological polar surface area (TPSA) is 58.9 Å². The van der Waals surface area contributed by atoms with Gasteiger partial charge < -0.3 is 10.7 Å². The number of carbonyl (C=O) groups excluding carboxylic acids is 1. The summed E-state index contributed by atoms with van der Waals surface area (Å²) in [5, 5.41) is 1.55. The first-order valence-electron chi connectivity index (χ1n) is 7.21. The van der Waals surface area contributed by atoms with E-state index < -0.39 is 5.91 Å². The zero-order chi connectivity index (χ0) is 15.3. The Bertz CT molecular complexity index is 736. The van der Waals surface area contributed by atoms with Gasteiger partial charge in [0.25, 0.3) is 5.91 Å². The van der Waals surface area contributed by atoms with Gasteiger partial charge in [-0.2, -0.15) is 0 Å². The van der Waals surface area contributed by atoms with Crippen LogP contribution in [0.15, 0.2) is 10.5 Å². The number of nitrogens with two attached hydrogens (primary N) is 1. The van der Waals surface area contributed by atoms with Gasteiger partial charge in [-0.1, -0.05) is 25.4 Å². The van der Waals surface area contributed by atoms with Crippen molar-refractivity contribution in [3.63, 3.8) is 0 Å². The van der Waals surface area contributed by atoms with Crippen molar-refractivity contribution in [1.29, 1.82) is 0 Å². The van der Waals surface area contributed by atoms with Gasteiger partial charge in [0.05, 0.1) is 16.1 Å². The molecule has 21 heavy (non-hydrogen) atoms. The van der Waals surface area contributed by atoms with Crippen LogP contribution in [0.5, 0.6) is 0 Å². The van der Waals surface area contributed by atoms with Gasteiger partial charge in [0.1, 0.15) is 0 Å². The average Bonchev–Trinajstić information content (AvgIpc) is 2.80. The van der Waals surface area contributed by atoms with Gasteiger partial charge in [0.2, 0.25) is 0 Å². The molecule has 1 aliphatic rings. The number of aryl methyl sites for hydroxylation is 1. The summed E-state index contributed by atoms with van der Waals surface area (Å²) in [6, 6.07) is 1.64. The third-order valence-corrected chi connectivity index (χ3v) is 5.95. The molecule has 0 radical (unpaired) electrons. The lowest BCUT2D eigenvalue weighted by Gasteiger charge is -2.25. The summed E-state index contributed by atoms with van der Waals surface area (Å²) in [4.78, 5) is 15.1. The summed E-state index contributed by atoms with van der Waals surface area (Å²) >= 11 is 9.81. The van der Waals surface area contributed by atoms with Crippen LogP contribution >= 0.6 is 27.5 Å². The van der Waals surface area contributed by atoms with Gasteiger partial charge in [-0.3, -0.25) is 4.79 Å². The fraction of sp³-hybridized carbons (Fsp3) is 0.438. The molecule has 3 nitrogen and oxygen atoms in total. The van der Waals surface area contributed by atoms with E-state index in [1.807, 2.05) is 0 Å². The molecule has 1 atom stereocenters. The Morgan fingerprint density at radius 2 is 2.24 bits per heavy atom. The molecule has 0 saturated heterocycles. The summed E-state index contributed by atoms with van der Waals surface area (Å²) in [6.45, 7) is 4.53. The van der Waals surface area contributed by atoms with Crippen LogP contribution in [0.25, 0.3) is 10.9 Å². The normalized spacial score (nSPS) is 18.2. The summed E-state index contributed by atoms with van der Waals surface area (Å²) in [7, 11) is 0. The number of benzene rings is 1. The van der Waals surface area contributed by atoms with Crippen LogP contribution in [-0.4, -0.2) is 10.9 Å². The number of nitrogens with one attached hydrogen (secondary N) is 1. The molecule has 0 aliphatic heterocycles. The van der Waals surface area contributed by atoms with Crippen LogP contribution < -0.4 is 5.73 Å². The molecule has 0 bridgehead atoms. The monoisotopic (exact) mass is 368 g/mol. The van der Waals surface area contributed by atoms with Gasteiger partial charge in [-0.25, -0.2) is 0 Å². The van der Waals surface area contributed by atoms with Crippen LogP contribution in [0.1, 0.15) is 41.9 Å². The van der Waals surface area contributed by atoms with E-state index in [2.05, 4.69) is 34.8 Å². The van der Waals surface area contributed by atoms with Crippen molar-refractivity contribution in [2.24, 2.45) is 17.6 Å². The summed E-state index contributed by atoms with van der Waals surface area (Å²) in [5.41, 5.74) is 9.28. The lowest BCUT2D eigenvalue weighted by molar-refractivity contribution is 0.100. The lowest BCUT2D eigenvalue weighted by atomic mass is 9.80. The molecule has 1 aromatic carbocycles. The van der Waals surface area contributed by atoms with E-state index in [1.165, 1.54) is 17.7 Å². The summed E-state index contributed by atoms with van der Waals surface area (Å²) in [5.74, 6) is 0.887. The smallest absolute Gasteiger partial charge is 0.250 e. The van der Waals surface area contributed by atoms with Crippen LogP contribution in [0.3, 0.4) is 0 Å². The molecule has 112 valence electrons. The van der Waals surface area contributed by atoms with Gasteiger partial charge >= 0.3 is 0 Å². The van der Waals surface area contributed by atoms with Crippen molar-refractivity contribution in [2.75, 3.05) is 0 Å². The average molecular weight is 370 g/mol. The standard InChI is InChI=1S/C16H18BrClN2O/c1-7(2)8-3-4-9-12(5-8)20-15-10(16(19)21)6-11(18)14(17)13(9)15/h6-8,20H,3-5H2,1-2H3,(H2,19,21). The van der Waals surface area contributed by atoms with E-state index in [-0.39, 0.29) is 0 Å². The fourth-order valence-corrected chi connectivity index (χ4v) is 4.08. The Kier molecular flexibility index (Phi) is 3.78. The zero-order valence-electron chi connectivity index (χ0n) is 12.1. The van der Waals surface area contributed by atoms with Crippen molar-refractivity contribution in [3.8, 4) is 0 Å². The molecule has 5 heteroatoms. The summed E-state index contributed by atoms with van der Waals surface area (Å²) < 4.78 is 0.852. The van der Waals surface area contributed by atoms with Gasteiger partial charge in [-0.05, 0) is 58.7 Å². The van der Waals surface area contributed by atoms with Crippen LogP contribution in [0.4, 0.5) is 0 Å². The molecule has 3 rings (SSSR count). The predicted molar refractivity (Wildman–Crippen MR) is 89.9 cm³/mol. The van der Waals surface area contributed by atoms with E-state index in [1.54, 1.807) is 6.07 Å². The highest BCUT2D eigenvalue weighted by Crippen LogP contribution is 2.41. The molecule has 1 unspecified atom stereocenters. The van der Waals surface area contributed by atoms with Crippen LogP contribution in [-0.2, 0) is 12.8 Å². The second-order valence-electron chi connectivity index (χ2n) is 6.16. The van der Waals surface area contributed by atoms with Gasteiger partial charge in [0, 0.05) is 15.6 Å². The Hall–Kier alpha value is -1.000. The highest BCUT2D eigenvalue weighted by molar-refractivity contribution is 9.10. The molecule has 2 aromatic rings. The quantitative estimate of drug-likeness (QED) is 0.807. The summed E-state index contributed by atoms with van der Waals surface area (Å²) in [6.07, 6.45) is 3.20. The number of halogens is 2. The zero-order valence-corrected chi connectivity index (χ0v) is 14.4. The molecular formula is C16H18BrClN2O. The second-order valence-corrected chi connectivity index (χ2v) is 7.36. The number of aromatic amines is 1. The first-order chi connectivity index (χ1) is 9.90. The highest BCUT2D eigenvalue weighted by atomic mass is 79.9. The maximum Gasteiger partial charge on any atom is 0.250 e. The molecule has 0 saturated carbocycles. The van der Waals surface area contributed by atoms with Crippen molar-refractivity contribution in [3.05, 3.63) is 32.4 Å². The SMILES string of the molecule is CC(C)C1CCc2c([nH]c3c(C(N)=O)cc(Cl)c(Br)c23)C1. The maximum absolute atomic E-state index is 11.7. The van der Waals surface area contributed by atoms with E-state index in [0.29, 0.717) is 22.4 Å². The Labute approximate surface area is 137 Å². The molecule has 0 spiro atoms. The molecule has 1 aromatic heterocycles. The van der Waals surface area contributed by atoms with E-state index in [0.717, 1.165) is 28.2 Å². The predicted octanol–water partition coefficient (Wildman–Crippen LogP) is 4.44. The largest absolute Gasteiger partial charge is 0.366 e. The van der Waals surface area contributed by atoms with E-state index in [9.17, 15) is 4.79 Å². The Balaban J connectivity index is 2.24. The molecule has 0 fully saturated rings. The fourth-order valence-electron chi connectivity index (χ4n) is 3.32. The number of carbonyl (C=O) groups is 1. The van der Waals surface area contributed by atoms with Gasteiger partial charge in [-0.15, -0.1) is 0 Å². The number of aromatic nitrogens is 1. The number of rotatable bonds is 2. The lowest BCUT2D eigenvalue weighted by Crippen LogP contribution is -2.18. The minimum Gasteiger partial charge on any atom is -0.366 e. The molecular weight excluding hydrogens is 352 g/mol. The first kappa shape index (κ1) is 14.9. The number of primary amides is 1. The van der Waals surface area contributed by atoms with Crippen molar-refractivity contribution < 1.29 is 4.79 Å². The van der Waals surface area contributed by atoms with Crippen LogP contribution in [0, 0.1) is 11.8 Å². The Morgan fingerprint density at radius 3 is 2.86 bits per heavy atom. The second kappa shape index (κ2) is 5.33. The highest BCUT2D eigenvalue weighted by Gasteiger charge is 2.27. The molecule has 1 amide bonds. The maximum atomic E-state index is 11.7. The van der Waals surface area contributed by atoms with E-state index >= 15 is 0 Å². The van der Waals surface area contributed by atoms with Crippen molar-refractivity contribution >= 4 is 44.3 Å².